The van der Waals surface area contributed by atoms with E-state index in [9.17, 15) is 23.2 Å². The van der Waals surface area contributed by atoms with Gasteiger partial charge in [-0.25, -0.2) is 18.3 Å². The first kappa shape index (κ1) is 23.6. The van der Waals surface area contributed by atoms with Gasteiger partial charge >= 0.3 is 5.97 Å². The molecule has 8 nitrogen and oxygen atoms in total. The quantitative estimate of drug-likeness (QED) is 0.325. The zero-order valence-electron chi connectivity index (χ0n) is 17.1. The molecule has 0 unspecified atom stereocenters. The maximum absolute atomic E-state index is 13.5. The number of rotatable bonds is 6. The summed E-state index contributed by atoms with van der Waals surface area (Å²) in [5.41, 5.74) is 5.23. The van der Waals surface area contributed by atoms with Gasteiger partial charge in [-0.3, -0.25) is 20.4 Å². The van der Waals surface area contributed by atoms with Gasteiger partial charge in [0.25, 0.3) is 11.8 Å². The Morgan fingerprint density at radius 2 is 1.79 bits per heavy atom. The van der Waals surface area contributed by atoms with Crippen molar-refractivity contribution in [3.63, 3.8) is 0 Å². The zero-order valence-corrected chi connectivity index (χ0v) is 17.9. The van der Waals surface area contributed by atoms with Crippen LogP contribution in [0.4, 0.5) is 8.78 Å². The molecular formula is C22H17ClF2N4O4. The Balaban J connectivity index is 1.53. The van der Waals surface area contributed by atoms with Crippen molar-refractivity contribution in [1.29, 1.82) is 0 Å². The maximum atomic E-state index is 13.5. The van der Waals surface area contributed by atoms with Crippen LogP contribution in [0.2, 0.25) is 5.15 Å². The zero-order chi connectivity index (χ0) is 24.0. The molecule has 1 aromatic heterocycles. The van der Waals surface area contributed by atoms with Crippen LogP contribution in [0.25, 0.3) is 11.8 Å². The highest BCUT2D eigenvalue weighted by Gasteiger charge is 2.14. The second-order valence-electron chi connectivity index (χ2n) is 6.60. The topological polar surface area (TPSA) is 102 Å². The minimum Gasteiger partial charge on any atom is -0.452 e. The molecule has 1 heterocycles. The minimum absolute atomic E-state index is 0.191. The van der Waals surface area contributed by atoms with Gasteiger partial charge in [0.2, 0.25) is 0 Å². The van der Waals surface area contributed by atoms with E-state index in [1.807, 2.05) is 10.9 Å². The van der Waals surface area contributed by atoms with Gasteiger partial charge in [-0.1, -0.05) is 23.7 Å². The monoisotopic (exact) mass is 474 g/mol. The van der Waals surface area contributed by atoms with Crippen LogP contribution in [-0.2, 0) is 14.3 Å². The van der Waals surface area contributed by atoms with E-state index >= 15 is 0 Å². The van der Waals surface area contributed by atoms with E-state index < -0.39 is 36.0 Å². The van der Waals surface area contributed by atoms with E-state index in [-0.39, 0.29) is 10.7 Å². The highest BCUT2D eigenvalue weighted by Crippen LogP contribution is 2.24. The van der Waals surface area contributed by atoms with Crippen molar-refractivity contribution in [2.75, 3.05) is 6.61 Å². The number of esters is 1. The Kier molecular flexibility index (Phi) is 7.52. The summed E-state index contributed by atoms with van der Waals surface area (Å²) in [6.45, 7) is 0.977. The molecule has 0 spiro atoms. The Labute approximate surface area is 191 Å². The average Bonchev–Trinajstić information content (AvgIpc) is 3.08. The fourth-order valence-electron chi connectivity index (χ4n) is 2.67. The van der Waals surface area contributed by atoms with Crippen LogP contribution in [0, 0.1) is 18.6 Å². The lowest BCUT2D eigenvalue weighted by molar-refractivity contribution is -0.144. The molecule has 0 radical (unpaired) electrons. The molecule has 0 aliphatic heterocycles. The fourth-order valence-corrected chi connectivity index (χ4v) is 3.00. The largest absolute Gasteiger partial charge is 0.452 e. The summed E-state index contributed by atoms with van der Waals surface area (Å²) >= 11 is 6.32. The highest BCUT2D eigenvalue weighted by molar-refractivity contribution is 6.31. The third-order valence-electron chi connectivity index (χ3n) is 4.28. The number of hydrogen-bond donors (Lipinski definition) is 2. The van der Waals surface area contributed by atoms with E-state index in [0.717, 1.165) is 12.1 Å². The van der Waals surface area contributed by atoms with Crippen LogP contribution >= 0.6 is 11.6 Å². The molecule has 3 aromatic rings. The number of hydrogen-bond acceptors (Lipinski definition) is 5. The number of carbonyl (C=O) groups is 3. The Morgan fingerprint density at radius 3 is 2.48 bits per heavy atom. The van der Waals surface area contributed by atoms with E-state index in [4.69, 9.17) is 16.3 Å². The number of amides is 2. The number of nitrogens with zero attached hydrogens (tertiary/aromatic N) is 2. The molecule has 0 fully saturated rings. The van der Waals surface area contributed by atoms with Crippen molar-refractivity contribution < 1.29 is 27.9 Å². The number of aromatic nitrogens is 2. The van der Waals surface area contributed by atoms with Crippen molar-refractivity contribution in [3.8, 4) is 5.69 Å². The first-order chi connectivity index (χ1) is 15.8. The molecule has 0 saturated carbocycles. The molecule has 3 rings (SSSR count). The number of benzene rings is 2. The summed E-state index contributed by atoms with van der Waals surface area (Å²) in [6, 6.07) is 10.7. The van der Waals surface area contributed by atoms with Crippen molar-refractivity contribution in [1.82, 2.24) is 20.6 Å². The van der Waals surface area contributed by atoms with Gasteiger partial charge in [0, 0.05) is 11.6 Å². The number of aryl methyl sites for hydroxylation is 1. The third kappa shape index (κ3) is 6.01. The SMILES string of the molecule is Cc1nn(-c2ccc(F)cc2)c(Cl)c1C=CC(=O)OCC(=O)NNC(=O)c1ccccc1F. The molecule has 0 saturated heterocycles. The Hall–Kier alpha value is -4.05. The molecule has 11 heteroatoms. The molecular weight excluding hydrogens is 458 g/mol. The minimum atomic E-state index is -0.865. The summed E-state index contributed by atoms with van der Waals surface area (Å²) in [5, 5.41) is 4.45. The normalized spacial score (nSPS) is 10.8. The van der Waals surface area contributed by atoms with Gasteiger partial charge in [0.05, 0.1) is 16.9 Å². The predicted octanol–water partition coefficient (Wildman–Crippen LogP) is 3.13. The second-order valence-corrected chi connectivity index (χ2v) is 6.96. The molecule has 2 amide bonds. The van der Waals surface area contributed by atoms with Crippen molar-refractivity contribution in [2.24, 2.45) is 0 Å². The van der Waals surface area contributed by atoms with Crippen LogP contribution in [-0.4, -0.2) is 34.2 Å². The van der Waals surface area contributed by atoms with Crippen molar-refractivity contribution in [2.45, 2.75) is 6.92 Å². The number of halogens is 3. The lowest BCUT2D eigenvalue weighted by Gasteiger charge is -2.07. The fraction of sp³-hybridized carbons (Fsp3) is 0.0909. The standard InChI is InChI=1S/C22H17ClF2N4O4/c1-13-16(21(23)29(28-13)15-8-6-14(24)7-9-15)10-11-20(31)33-12-19(30)26-27-22(32)17-4-2-3-5-18(17)25/h2-11H,12H2,1H3,(H,26,30)(H,27,32). The lowest BCUT2D eigenvalue weighted by atomic mass is 10.2. The van der Waals surface area contributed by atoms with Gasteiger partial charge in [-0.2, -0.15) is 5.10 Å². The maximum Gasteiger partial charge on any atom is 0.331 e. The van der Waals surface area contributed by atoms with Gasteiger partial charge in [0.15, 0.2) is 6.61 Å². The number of ether oxygens (including phenoxy) is 1. The van der Waals surface area contributed by atoms with E-state index in [1.54, 1.807) is 6.92 Å². The second kappa shape index (κ2) is 10.5. The molecule has 0 atom stereocenters. The summed E-state index contributed by atoms with van der Waals surface area (Å²) in [4.78, 5) is 35.5. The van der Waals surface area contributed by atoms with Crippen molar-refractivity contribution >= 4 is 35.5 Å². The molecule has 33 heavy (non-hydrogen) atoms. The van der Waals surface area contributed by atoms with Gasteiger partial charge in [-0.15, -0.1) is 0 Å². The van der Waals surface area contributed by atoms with Crippen LogP contribution in [0.1, 0.15) is 21.6 Å². The Morgan fingerprint density at radius 1 is 1.09 bits per heavy atom. The van der Waals surface area contributed by atoms with Crippen LogP contribution in [0.15, 0.2) is 54.6 Å². The average molecular weight is 475 g/mol. The van der Waals surface area contributed by atoms with E-state index in [1.165, 1.54) is 53.2 Å². The summed E-state index contributed by atoms with van der Waals surface area (Å²) in [7, 11) is 0. The highest BCUT2D eigenvalue weighted by atomic mass is 35.5. The first-order valence-corrected chi connectivity index (χ1v) is 9.83. The smallest absolute Gasteiger partial charge is 0.331 e. The lowest BCUT2D eigenvalue weighted by Crippen LogP contribution is -2.43. The van der Waals surface area contributed by atoms with Gasteiger partial charge in [-0.05, 0) is 49.4 Å². The first-order valence-electron chi connectivity index (χ1n) is 9.46. The number of carbonyl (C=O) groups excluding carboxylic acids is 3. The summed E-state index contributed by atoms with van der Waals surface area (Å²) in [6.07, 6.45) is 2.42. The molecule has 0 bridgehead atoms. The van der Waals surface area contributed by atoms with E-state index in [0.29, 0.717) is 16.9 Å². The van der Waals surface area contributed by atoms with Gasteiger partial charge in [0.1, 0.15) is 16.8 Å². The molecule has 2 aromatic carbocycles. The van der Waals surface area contributed by atoms with E-state index in [2.05, 4.69) is 5.10 Å². The van der Waals surface area contributed by atoms with Crippen LogP contribution < -0.4 is 10.9 Å². The molecule has 0 aliphatic carbocycles. The third-order valence-corrected chi connectivity index (χ3v) is 4.65. The van der Waals surface area contributed by atoms with Gasteiger partial charge < -0.3 is 4.74 Å². The number of hydrazine groups is 1. The molecule has 0 aliphatic rings. The summed E-state index contributed by atoms with van der Waals surface area (Å²) in [5.74, 6) is -3.71. The van der Waals surface area contributed by atoms with Crippen LogP contribution in [0.3, 0.4) is 0 Å². The predicted molar refractivity (Wildman–Crippen MR) is 115 cm³/mol. The molecule has 170 valence electrons. The number of nitrogens with one attached hydrogen (secondary N) is 2. The summed E-state index contributed by atoms with van der Waals surface area (Å²) < 4.78 is 32.8. The van der Waals surface area contributed by atoms with Crippen LogP contribution in [0.5, 0.6) is 0 Å². The Bertz CT molecular complexity index is 1230. The van der Waals surface area contributed by atoms with Crippen molar-refractivity contribution in [3.05, 3.63) is 88.2 Å². The molecule has 2 N–H and O–H groups in total.